The molecule has 0 fully saturated rings. The molecule has 0 bridgehead atoms. The van der Waals surface area contributed by atoms with Gasteiger partial charge in [0.05, 0.1) is 23.7 Å². The zero-order valence-corrected chi connectivity index (χ0v) is 12.6. The van der Waals surface area contributed by atoms with Crippen LogP contribution in [0.15, 0.2) is 24.4 Å². The highest BCUT2D eigenvalue weighted by Crippen LogP contribution is 2.24. The minimum absolute atomic E-state index is 0.146. The van der Waals surface area contributed by atoms with E-state index < -0.39 is 5.41 Å². The number of ether oxygens (including phenoxy) is 1. The smallest absolute Gasteiger partial charge is 0.311 e. The Bertz CT molecular complexity index is 619. The normalized spacial score (nSPS) is 11.8. The molecular formula is C15H21BN2O2. The monoisotopic (exact) mass is 272 g/mol. The van der Waals surface area contributed by atoms with E-state index in [0.717, 1.165) is 5.52 Å². The van der Waals surface area contributed by atoms with Crippen LogP contribution in [-0.4, -0.2) is 30.2 Å². The Morgan fingerprint density at radius 3 is 2.90 bits per heavy atom. The molecule has 4 nitrogen and oxygen atoms in total. The minimum Gasteiger partial charge on any atom is -0.466 e. The highest BCUT2D eigenvalue weighted by molar-refractivity contribution is 6.38. The number of carbonyl (C=O) groups is 1. The summed E-state index contributed by atoms with van der Waals surface area (Å²) in [5.74, 6) is -0.146. The molecule has 0 aliphatic carbocycles. The molecule has 0 spiro atoms. The Balaban J connectivity index is 2.13. The molecule has 2 aromatic rings. The SMILES string of the molecule is Bc1cccc2c1cnn2CCC(C)(C)C(=O)OCC. The molecule has 0 saturated heterocycles. The molecule has 20 heavy (non-hydrogen) atoms. The van der Waals surface area contributed by atoms with Crippen LogP contribution in [0.25, 0.3) is 10.9 Å². The van der Waals surface area contributed by atoms with Gasteiger partial charge in [-0.15, -0.1) is 0 Å². The van der Waals surface area contributed by atoms with Crippen LogP contribution in [0.5, 0.6) is 0 Å². The summed E-state index contributed by atoms with van der Waals surface area (Å²) in [5.41, 5.74) is 1.85. The number of benzene rings is 1. The second-order valence-corrected chi connectivity index (χ2v) is 5.73. The quantitative estimate of drug-likeness (QED) is 0.608. The van der Waals surface area contributed by atoms with Crippen LogP contribution in [-0.2, 0) is 16.1 Å². The second-order valence-electron chi connectivity index (χ2n) is 5.73. The van der Waals surface area contributed by atoms with Gasteiger partial charge in [-0.3, -0.25) is 9.48 Å². The summed E-state index contributed by atoms with van der Waals surface area (Å²) in [6, 6.07) is 6.18. The van der Waals surface area contributed by atoms with Crippen molar-refractivity contribution in [3.8, 4) is 0 Å². The lowest BCUT2D eigenvalue weighted by atomic mass is 9.89. The Labute approximate surface area is 120 Å². The van der Waals surface area contributed by atoms with Crippen LogP contribution < -0.4 is 5.46 Å². The third-order valence-electron chi connectivity index (χ3n) is 3.68. The maximum Gasteiger partial charge on any atom is 0.311 e. The van der Waals surface area contributed by atoms with E-state index in [-0.39, 0.29) is 5.97 Å². The molecule has 2 rings (SSSR count). The lowest BCUT2D eigenvalue weighted by Gasteiger charge is -2.22. The van der Waals surface area contributed by atoms with Gasteiger partial charge in [-0.25, -0.2) is 0 Å². The van der Waals surface area contributed by atoms with Crippen molar-refractivity contribution in [3.63, 3.8) is 0 Å². The van der Waals surface area contributed by atoms with Gasteiger partial charge in [0, 0.05) is 11.9 Å². The number of fused-ring (bicyclic) bond motifs is 1. The molecule has 0 unspecified atom stereocenters. The zero-order valence-electron chi connectivity index (χ0n) is 12.6. The first kappa shape index (κ1) is 14.6. The van der Waals surface area contributed by atoms with E-state index in [4.69, 9.17) is 4.74 Å². The van der Waals surface area contributed by atoms with Gasteiger partial charge in [0.1, 0.15) is 7.85 Å². The van der Waals surface area contributed by atoms with Crippen LogP contribution in [0.3, 0.4) is 0 Å². The second kappa shape index (κ2) is 5.69. The molecular weight excluding hydrogens is 251 g/mol. The van der Waals surface area contributed by atoms with E-state index >= 15 is 0 Å². The van der Waals surface area contributed by atoms with Crippen molar-refractivity contribution in [3.05, 3.63) is 24.4 Å². The molecule has 1 aromatic carbocycles. The van der Waals surface area contributed by atoms with Gasteiger partial charge in [0.15, 0.2) is 0 Å². The number of rotatable bonds is 5. The average molecular weight is 272 g/mol. The van der Waals surface area contributed by atoms with Gasteiger partial charge >= 0.3 is 5.97 Å². The topological polar surface area (TPSA) is 44.1 Å². The van der Waals surface area contributed by atoms with Crippen molar-refractivity contribution in [2.45, 2.75) is 33.7 Å². The van der Waals surface area contributed by atoms with Crippen LogP contribution >= 0.6 is 0 Å². The highest BCUT2D eigenvalue weighted by Gasteiger charge is 2.29. The van der Waals surface area contributed by atoms with E-state index in [0.29, 0.717) is 19.6 Å². The molecule has 0 saturated carbocycles. The Morgan fingerprint density at radius 1 is 1.45 bits per heavy atom. The number of hydrogen-bond acceptors (Lipinski definition) is 3. The van der Waals surface area contributed by atoms with Crippen LogP contribution in [0.4, 0.5) is 0 Å². The molecule has 1 heterocycles. The summed E-state index contributed by atoms with van der Waals surface area (Å²) in [6.07, 6.45) is 2.60. The number of aromatic nitrogens is 2. The molecule has 0 N–H and O–H groups in total. The number of hydrogen-bond donors (Lipinski definition) is 0. The molecule has 5 heteroatoms. The Kier molecular flexibility index (Phi) is 4.16. The summed E-state index contributed by atoms with van der Waals surface area (Å²) in [5, 5.41) is 5.60. The van der Waals surface area contributed by atoms with Crippen molar-refractivity contribution in [1.82, 2.24) is 9.78 Å². The summed E-state index contributed by atoms with van der Waals surface area (Å²) in [7, 11) is 2.08. The molecule has 0 radical (unpaired) electrons. The Morgan fingerprint density at radius 2 is 2.20 bits per heavy atom. The van der Waals surface area contributed by atoms with Crippen molar-refractivity contribution in [1.29, 1.82) is 0 Å². The van der Waals surface area contributed by atoms with E-state index in [2.05, 4.69) is 25.1 Å². The summed E-state index contributed by atoms with van der Waals surface area (Å²) in [4.78, 5) is 11.9. The first-order chi connectivity index (χ1) is 9.45. The summed E-state index contributed by atoms with van der Waals surface area (Å²) < 4.78 is 7.08. The fraction of sp³-hybridized carbons (Fsp3) is 0.467. The van der Waals surface area contributed by atoms with Crippen molar-refractivity contribution in [2.75, 3.05) is 6.61 Å². The highest BCUT2D eigenvalue weighted by atomic mass is 16.5. The molecule has 0 aliphatic rings. The largest absolute Gasteiger partial charge is 0.466 e. The summed E-state index contributed by atoms with van der Waals surface area (Å²) in [6.45, 7) is 6.80. The number of nitrogens with zero attached hydrogens (tertiary/aromatic N) is 2. The Hall–Kier alpha value is -1.78. The van der Waals surface area contributed by atoms with E-state index in [1.165, 1.54) is 10.8 Å². The van der Waals surface area contributed by atoms with Crippen molar-refractivity contribution in [2.24, 2.45) is 5.41 Å². The number of esters is 1. The van der Waals surface area contributed by atoms with Gasteiger partial charge in [0.25, 0.3) is 0 Å². The molecule has 0 aliphatic heterocycles. The number of aryl methyl sites for hydroxylation is 1. The molecule has 0 atom stereocenters. The predicted molar refractivity (Wildman–Crippen MR) is 82.9 cm³/mol. The fourth-order valence-corrected chi connectivity index (χ4v) is 2.24. The van der Waals surface area contributed by atoms with Crippen molar-refractivity contribution < 1.29 is 9.53 Å². The average Bonchev–Trinajstić information content (AvgIpc) is 2.81. The molecule has 106 valence electrons. The standard InChI is InChI=1S/C15H21BN2O2/c1-4-20-14(19)15(2,3)8-9-18-13-7-5-6-12(16)11(13)10-17-18/h5-7,10H,4,8-9,16H2,1-3H3. The van der Waals surface area contributed by atoms with Gasteiger partial charge in [-0.2, -0.15) is 5.10 Å². The van der Waals surface area contributed by atoms with Gasteiger partial charge in [-0.05, 0) is 33.3 Å². The van der Waals surface area contributed by atoms with E-state index in [9.17, 15) is 4.79 Å². The van der Waals surface area contributed by atoms with E-state index in [1.54, 1.807) is 0 Å². The maximum atomic E-state index is 11.9. The third kappa shape index (κ3) is 2.87. The van der Waals surface area contributed by atoms with Gasteiger partial charge < -0.3 is 4.74 Å². The lowest BCUT2D eigenvalue weighted by Crippen LogP contribution is -2.28. The predicted octanol–water partition coefficient (Wildman–Crippen LogP) is 1.27. The van der Waals surface area contributed by atoms with E-state index in [1.807, 2.05) is 37.7 Å². The lowest BCUT2D eigenvalue weighted by molar-refractivity contribution is -0.153. The maximum absolute atomic E-state index is 11.9. The van der Waals surface area contributed by atoms with Gasteiger partial charge in [0.2, 0.25) is 0 Å². The first-order valence-electron chi connectivity index (χ1n) is 7.04. The summed E-state index contributed by atoms with van der Waals surface area (Å²) >= 11 is 0. The molecule has 0 amide bonds. The van der Waals surface area contributed by atoms with Crippen molar-refractivity contribution >= 4 is 30.2 Å². The van der Waals surface area contributed by atoms with Crippen LogP contribution in [0.2, 0.25) is 0 Å². The first-order valence-corrected chi connectivity index (χ1v) is 7.04. The number of carbonyl (C=O) groups excluding carboxylic acids is 1. The minimum atomic E-state index is -0.488. The fourth-order valence-electron chi connectivity index (χ4n) is 2.24. The zero-order chi connectivity index (χ0) is 14.8. The van der Waals surface area contributed by atoms with Crippen LogP contribution in [0.1, 0.15) is 27.2 Å². The van der Waals surface area contributed by atoms with Crippen LogP contribution in [0, 0.1) is 5.41 Å². The molecule has 1 aromatic heterocycles. The van der Waals surface area contributed by atoms with Gasteiger partial charge in [-0.1, -0.05) is 17.6 Å². The third-order valence-corrected chi connectivity index (χ3v) is 3.68.